The molecule has 26 heavy (non-hydrogen) atoms. The van der Waals surface area contributed by atoms with E-state index in [0.29, 0.717) is 5.70 Å². The van der Waals surface area contributed by atoms with Crippen LogP contribution in [0, 0.1) is 5.92 Å². The maximum atomic E-state index is 13.1. The summed E-state index contributed by atoms with van der Waals surface area (Å²) < 4.78 is 0. The molecule has 0 unspecified atom stereocenters. The summed E-state index contributed by atoms with van der Waals surface area (Å²) in [7, 11) is 0. The first-order valence-corrected chi connectivity index (χ1v) is 9.97. The molecule has 7 heteroatoms. The lowest BCUT2D eigenvalue weighted by molar-refractivity contribution is -0.143. The first-order chi connectivity index (χ1) is 12.6. The Bertz CT molecular complexity index is 575. The Labute approximate surface area is 155 Å². The van der Waals surface area contributed by atoms with E-state index in [1.807, 2.05) is 6.92 Å². The fourth-order valence-corrected chi connectivity index (χ4v) is 4.21. The van der Waals surface area contributed by atoms with Gasteiger partial charge in [0.05, 0.1) is 0 Å². The second kappa shape index (κ2) is 8.66. The van der Waals surface area contributed by atoms with Gasteiger partial charge in [0.15, 0.2) is 5.92 Å². The Morgan fingerprint density at radius 3 is 2.23 bits per heavy atom. The van der Waals surface area contributed by atoms with Gasteiger partial charge in [0.2, 0.25) is 11.8 Å². The van der Waals surface area contributed by atoms with Crippen LogP contribution in [0.2, 0.25) is 0 Å². The van der Waals surface area contributed by atoms with E-state index in [-0.39, 0.29) is 11.9 Å². The van der Waals surface area contributed by atoms with E-state index in [2.05, 4.69) is 15.8 Å². The van der Waals surface area contributed by atoms with Crippen LogP contribution in [-0.4, -0.2) is 46.9 Å². The van der Waals surface area contributed by atoms with Crippen LogP contribution >= 0.6 is 0 Å². The Kier molecular flexibility index (Phi) is 6.29. The minimum atomic E-state index is -0.970. The molecule has 3 aliphatic rings. The zero-order chi connectivity index (χ0) is 18.5. The molecule has 2 N–H and O–H groups in total. The maximum absolute atomic E-state index is 13.1. The first kappa shape index (κ1) is 18.9. The van der Waals surface area contributed by atoms with Crippen LogP contribution < -0.4 is 10.7 Å². The highest BCUT2D eigenvalue weighted by atomic mass is 16.2. The normalized spacial score (nSPS) is 27.3. The van der Waals surface area contributed by atoms with Gasteiger partial charge in [-0.25, -0.2) is 9.80 Å². The number of imide groups is 2. The SMILES string of the molecule is C/C=C(\NN1CCCCCC1)[C@H]1C(=O)NC(=O)N(C2CCCCC2)C1=O. The summed E-state index contributed by atoms with van der Waals surface area (Å²) in [6.07, 6.45) is 11.2. The number of nitrogens with zero attached hydrogens (tertiary/aromatic N) is 2. The van der Waals surface area contributed by atoms with Crippen molar-refractivity contribution in [1.29, 1.82) is 0 Å². The van der Waals surface area contributed by atoms with Gasteiger partial charge in [0.25, 0.3) is 0 Å². The molecule has 4 amide bonds. The van der Waals surface area contributed by atoms with Crippen LogP contribution in [0.1, 0.15) is 64.7 Å². The molecule has 1 saturated carbocycles. The molecule has 1 atom stereocenters. The van der Waals surface area contributed by atoms with E-state index >= 15 is 0 Å². The van der Waals surface area contributed by atoms with Gasteiger partial charge in [0.1, 0.15) is 0 Å². The smallest absolute Gasteiger partial charge is 0.322 e. The number of hydrazine groups is 1. The molecule has 7 nitrogen and oxygen atoms in total. The monoisotopic (exact) mass is 362 g/mol. The van der Waals surface area contributed by atoms with Crippen molar-refractivity contribution in [2.45, 2.75) is 70.8 Å². The van der Waals surface area contributed by atoms with Gasteiger partial charge in [-0.05, 0) is 32.6 Å². The minimum absolute atomic E-state index is 0.0943. The number of hydrogen-bond acceptors (Lipinski definition) is 5. The van der Waals surface area contributed by atoms with Crippen LogP contribution in [0.15, 0.2) is 11.8 Å². The average Bonchev–Trinajstić information content (AvgIpc) is 2.90. The lowest BCUT2D eigenvalue weighted by Gasteiger charge is -2.38. The molecule has 2 heterocycles. The molecule has 144 valence electrons. The average molecular weight is 362 g/mol. The summed E-state index contributed by atoms with van der Waals surface area (Å²) in [4.78, 5) is 39.2. The van der Waals surface area contributed by atoms with Gasteiger partial charge in [0, 0.05) is 24.8 Å². The molecule has 3 fully saturated rings. The van der Waals surface area contributed by atoms with Crippen LogP contribution in [0.5, 0.6) is 0 Å². The van der Waals surface area contributed by atoms with Crippen molar-refractivity contribution in [3.63, 3.8) is 0 Å². The Hall–Kier alpha value is -1.89. The van der Waals surface area contributed by atoms with E-state index in [1.54, 1.807) is 6.08 Å². The number of amides is 4. The number of barbiturate groups is 1. The molecular weight excluding hydrogens is 332 g/mol. The van der Waals surface area contributed by atoms with E-state index in [0.717, 1.165) is 58.0 Å². The molecule has 2 aliphatic heterocycles. The first-order valence-electron chi connectivity index (χ1n) is 9.97. The molecule has 0 aromatic heterocycles. The molecule has 0 radical (unpaired) electrons. The molecule has 1 aliphatic carbocycles. The van der Waals surface area contributed by atoms with Crippen molar-refractivity contribution >= 4 is 17.8 Å². The van der Waals surface area contributed by atoms with Crippen LogP contribution in [-0.2, 0) is 9.59 Å². The Morgan fingerprint density at radius 1 is 1.00 bits per heavy atom. The Morgan fingerprint density at radius 2 is 1.62 bits per heavy atom. The summed E-state index contributed by atoms with van der Waals surface area (Å²) in [5.74, 6) is -1.88. The van der Waals surface area contributed by atoms with Crippen molar-refractivity contribution in [1.82, 2.24) is 20.7 Å². The summed E-state index contributed by atoms with van der Waals surface area (Å²) in [6.45, 7) is 3.61. The maximum Gasteiger partial charge on any atom is 0.331 e. The van der Waals surface area contributed by atoms with E-state index < -0.39 is 17.9 Å². The van der Waals surface area contributed by atoms with Crippen molar-refractivity contribution in [2.75, 3.05) is 13.1 Å². The number of nitrogens with one attached hydrogen (secondary N) is 2. The summed E-state index contributed by atoms with van der Waals surface area (Å²) >= 11 is 0. The third kappa shape index (κ3) is 4.09. The number of carbonyl (C=O) groups is 3. The van der Waals surface area contributed by atoms with Crippen LogP contribution in [0.3, 0.4) is 0 Å². The van der Waals surface area contributed by atoms with Crippen molar-refractivity contribution in [2.24, 2.45) is 5.92 Å². The lowest BCUT2D eigenvalue weighted by atomic mass is 9.91. The zero-order valence-corrected chi connectivity index (χ0v) is 15.6. The topological polar surface area (TPSA) is 81.8 Å². The lowest BCUT2D eigenvalue weighted by Crippen LogP contribution is -2.62. The number of carbonyl (C=O) groups excluding carboxylic acids is 3. The Balaban J connectivity index is 1.75. The molecule has 0 aromatic carbocycles. The largest absolute Gasteiger partial charge is 0.331 e. The highest BCUT2D eigenvalue weighted by Crippen LogP contribution is 2.27. The minimum Gasteiger partial charge on any atom is -0.322 e. The number of rotatable bonds is 4. The predicted molar refractivity (Wildman–Crippen MR) is 97.7 cm³/mol. The third-order valence-electron chi connectivity index (χ3n) is 5.65. The van der Waals surface area contributed by atoms with Gasteiger partial charge in [-0.2, -0.15) is 0 Å². The van der Waals surface area contributed by atoms with Crippen LogP contribution in [0.4, 0.5) is 4.79 Å². The second-order valence-corrected chi connectivity index (χ2v) is 7.48. The highest BCUT2D eigenvalue weighted by molar-refractivity contribution is 6.17. The van der Waals surface area contributed by atoms with Gasteiger partial charge in [-0.1, -0.05) is 38.2 Å². The summed E-state index contributed by atoms with van der Waals surface area (Å²) in [5, 5.41) is 4.49. The predicted octanol–water partition coefficient (Wildman–Crippen LogP) is 2.30. The van der Waals surface area contributed by atoms with Crippen molar-refractivity contribution in [3.8, 4) is 0 Å². The fourth-order valence-electron chi connectivity index (χ4n) is 4.21. The number of hydrogen-bond donors (Lipinski definition) is 2. The second-order valence-electron chi connectivity index (χ2n) is 7.48. The third-order valence-corrected chi connectivity index (χ3v) is 5.65. The standard InChI is InChI=1S/C19H30N4O3/c1-2-15(21-22-12-8-3-4-9-13-22)16-17(24)20-19(26)23(18(16)25)14-10-6-5-7-11-14/h2,14,16,21H,3-13H2,1H3,(H,20,24,26)/b15-2-/t16-/m0/s1. The molecule has 2 saturated heterocycles. The molecule has 0 bridgehead atoms. The quantitative estimate of drug-likeness (QED) is 0.750. The van der Waals surface area contributed by atoms with Crippen molar-refractivity contribution in [3.05, 3.63) is 11.8 Å². The van der Waals surface area contributed by atoms with Crippen molar-refractivity contribution < 1.29 is 14.4 Å². The molecule has 0 aromatic rings. The number of urea groups is 1. The molecular formula is C19H30N4O3. The molecule has 0 spiro atoms. The molecule has 3 rings (SSSR count). The summed E-state index contributed by atoms with van der Waals surface area (Å²) in [5.41, 5.74) is 3.86. The van der Waals surface area contributed by atoms with Gasteiger partial charge in [-0.15, -0.1) is 0 Å². The zero-order valence-electron chi connectivity index (χ0n) is 15.6. The van der Waals surface area contributed by atoms with Crippen LogP contribution in [0.25, 0.3) is 0 Å². The van der Waals surface area contributed by atoms with E-state index in [9.17, 15) is 14.4 Å². The summed E-state index contributed by atoms with van der Waals surface area (Å²) in [6, 6.07) is -0.656. The van der Waals surface area contributed by atoms with Gasteiger partial charge in [-0.3, -0.25) is 19.8 Å². The van der Waals surface area contributed by atoms with Gasteiger partial charge >= 0.3 is 6.03 Å². The van der Waals surface area contributed by atoms with Gasteiger partial charge < -0.3 is 5.43 Å². The van der Waals surface area contributed by atoms with E-state index in [1.165, 1.54) is 17.7 Å². The highest BCUT2D eigenvalue weighted by Gasteiger charge is 2.45. The van der Waals surface area contributed by atoms with E-state index in [4.69, 9.17) is 0 Å². The number of allylic oxidation sites excluding steroid dienone is 1. The fraction of sp³-hybridized carbons (Fsp3) is 0.737.